The number of anilines is 1. The molecular formula is C24H27N3O6S. The molecule has 0 fully saturated rings. The first-order chi connectivity index (χ1) is 16.4. The summed E-state index contributed by atoms with van der Waals surface area (Å²) in [6, 6.07) is 10.9. The number of nitrogens with one attached hydrogen (secondary N) is 2. The van der Waals surface area contributed by atoms with Gasteiger partial charge >= 0.3 is 0 Å². The zero-order valence-electron chi connectivity index (χ0n) is 19.7. The highest BCUT2D eigenvalue weighted by atomic mass is 32.2. The second-order valence-electron chi connectivity index (χ2n) is 7.21. The molecule has 0 spiro atoms. The number of ether oxygens (including phenoxy) is 4. The van der Waals surface area contributed by atoms with Gasteiger partial charge in [-0.25, -0.2) is 4.98 Å². The topological polar surface area (TPSA) is 112 Å². The Morgan fingerprint density at radius 3 is 2.32 bits per heavy atom. The molecule has 0 bridgehead atoms. The first-order valence-electron chi connectivity index (χ1n) is 10.3. The van der Waals surface area contributed by atoms with E-state index in [1.165, 1.54) is 33.1 Å². The number of hydrogen-bond donors (Lipinski definition) is 2. The number of benzene rings is 2. The minimum absolute atomic E-state index is 0.133. The number of aromatic nitrogens is 2. The van der Waals surface area contributed by atoms with Crippen LogP contribution in [0.25, 0.3) is 0 Å². The van der Waals surface area contributed by atoms with E-state index >= 15 is 0 Å². The Morgan fingerprint density at radius 1 is 1.03 bits per heavy atom. The molecule has 0 saturated heterocycles. The smallest absolute Gasteiger partial charge is 0.255 e. The Balaban J connectivity index is 1.71. The average Bonchev–Trinajstić information content (AvgIpc) is 2.84. The Hall–Kier alpha value is -3.66. The van der Waals surface area contributed by atoms with E-state index in [0.29, 0.717) is 45.1 Å². The maximum absolute atomic E-state index is 12.7. The van der Waals surface area contributed by atoms with Crippen LogP contribution in [0.1, 0.15) is 16.8 Å². The van der Waals surface area contributed by atoms with Crippen LogP contribution in [-0.4, -0.2) is 44.3 Å². The summed E-state index contributed by atoms with van der Waals surface area (Å²) >= 11 is 1.40. The van der Waals surface area contributed by atoms with Crippen molar-refractivity contribution < 1.29 is 23.7 Å². The summed E-state index contributed by atoms with van der Waals surface area (Å²) < 4.78 is 21.1. The van der Waals surface area contributed by atoms with Crippen LogP contribution in [0, 0.1) is 6.92 Å². The van der Waals surface area contributed by atoms with Crippen molar-refractivity contribution in [2.75, 3.05) is 33.8 Å². The fourth-order valence-corrected chi connectivity index (χ4v) is 4.14. The van der Waals surface area contributed by atoms with Crippen LogP contribution in [0.4, 0.5) is 5.69 Å². The number of hydrogen-bond acceptors (Lipinski definition) is 8. The molecule has 1 heterocycles. The molecule has 9 nitrogen and oxygen atoms in total. The third-order valence-electron chi connectivity index (χ3n) is 5.00. The van der Waals surface area contributed by atoms with Gasteiger partial charge in [0.05, 0.1) is 34.9 Å². The number of aromatic amines is 1. The van der Waals surface area contributed by atoms with E-state index in [9.17, 15) is 9.59 Å². The minimum Gasteiger partial charge on any atom is -0.497 e. The van der Waals surface area contributed by atoms with Crippen molar-refractivity contribution in [3.8, 4) is 23.0 Å². The fourth-order valence-electron chi connectivity index (χ4n) is 3.29. The predicted octanol–water partition coefficient (Wildman–Crippen LogP) is 3.59. The van der Waals surface area contributed by atoms with Crippen LogP contribution in [0.2, 0.25) is 0 Å². The molecular weight excluding hydrogens is 458 g/mol. The number of methoxy groups -OCH3 is 4. The van der Waals surface area contributed by atoms with Crippen molar-refractivity contribution in [3.05, 3.63) is 63.6 Å². The molecule has 1 aromatic heterocycles. The van der Waals surface area contributed by atoms with E-state index in [0.717, 1.165) is 11.3 Å². The van der Waals surface area contributed by atoms with Gasteiger partial charge in [-0.1, -0.05) is 23.9 Å². The van der Waals surface area contributed by atoms with Gasteiger partial charge in [0.1, 0.15) is 5.75 Å². The van der Waals surface area contributed by atoms with Crippen LogP contribution in [0.15, 0.2) is 46.3 Å². The largest absolute Gasteiger partial charge is 0.497 e. The lowest BCUT2D eigenvalue weighted by Gasteiger charge is -2.14. The number of rotatable bonds is 10. The molecule has 0 unspecified atom stereocenters. The molecule has 34 heavy (non-hydrogen) atoms. The third kappa shape index (κ3) is 6.02. The number of nitrogens with zero attached hydrogens (tertiary/aromatic N) is 1. The number of thioether (sulfide) groups is 1. The molecule has 3 aromatic rings. The maximum atomic E-state index is 12.7. The highest BCUT2D eigenvalue weighted by molar-refractivity contribution is 7.98. The van der Waals surface area contributed by atoms with Gasteiger partial charge in [-0.15, -0.1) is 0 Å². The van der Waals surface area contributed by atoms with Crippen molar-refractivity contribution in [2.45, 2.75) is 24.3 Å². The van der Waals surface area contributed by atoms with Crippen molar-refractivity contribution in [1.29, 1.82) is 0 Å². The molecule has 0 aliphatic heterocycles. The normalized spacial score (nSPS) is 10.5. The molecule has 0 radical (unpaired) electrons. The lowest BCUT2D eigenvalue weighted by Crippen LogP contribution is -2.23. The third-order valence-corrected chi connectivity index (χ3v) is 5.94. The monoisotopic (exact) mass is 485 g/mol. The second-order valence-corrected chi connectivity index (χ2v) is 8.18. The summed E-state index contributed by atoms with van der Waals surface area (Å²) in [5.41, 5.74) is 1.94. The van der Waals surface area contributed by atoms with Crippen molar-refractivity contribution in [2.24, 2.45) is 0 Å². The molecule has 0 aliphatic rings. The zero-order valence-corrected chi connectivity index (χ0v) is 20.5. The van der Waals surface area contributed by atoms with Crippen LogP contribution >= 0.6 is 11.8 Å². The highest BCUT2D eigenvalue weighted by Crippen LogP contribution is 2.39. The Kier molecular flexibility index (Phi) is 8.42. The molecule has 0 saturated carbocycles. The van der Waals surface area contributed by atoms with Gasteiger partial charge in [-0.2, -0.15) is 0 Å². The van der Waals surface area contributed by atoms with Crippen LogP contribution in [0.5, 0.6) is 23.0 Å². The summed E-state index contributed by atoms with van der Waals surface area (Å²) in [5, 5.41) is 3.25. The molecule has 0 atom stereocenters. The van der Waals surface area contributed by atoms with E-state index < -0.39 is 0 Å². The summed E-state index contributed by atoms with van der Waals surface area (Å²) in [5.74, 6) is 2.24. The molecule has 180 valence electrons. The molecule has 1 amide bonds. The summed E-state index contributed by atoms with van der Waals surface area (Å²) in [6.07, 6.45) is -0.133. The number of H-pyrrole nitrogens is 1. The number of aryl methyl sites for hydroxylation is 1. The minimum atomic E-state index is -0.374. The maximum Gasteiger partial charge on any atom is 0.255 e. The summed E-state index contributed by atoms with van der Waals surface area (Å²) in [6.45, 7) is 1.72. The first kappa shape index (κ1) is 25.0. The molecule has 2 N–H and O–H groups in total. The van der Waals surface area contributed by atoms with Crippen LogP contribution < -0.4 is 29.8 Å². The Bertz CT molecular complexity index is 1200. The Labute approximate surface area is 201 Å². The van der Waals surface area contributed by atoms with E-state index in [4.69, 9.17) is 18.9 Å². The van der Waals surface area contributed by atoms with E-state index in [1.54, 1.807) is 26.2 Å². The highest BCUT2D eigenvalue weighted by Gasteiger charge is 2.17. The fraction of sp³-hybridized carbons (Fsp3) is 0.292. The SMILES string of the molecule is COc1cccc(CSc2nc(C)c(CC(=O)Nc3cc(OC)c(OC)c(OC)c3)c(=O)[nH]2)c1. The van der Waals surface area contributed by atoms with Gasteiger partial charge < -0.3 is 29.2 Å². The van der Waals surface area contributed by atoms with Gasteiger partial charge in [-0.3, -0.25) is 9.59 Å². The van der Waals surface area contributed by atoms with Gasteiger partial charge in [-0.05, 0) is 24.6 Å². The number of carbonyl (C=O) groups excluding carboxylic acids is 1. The molecule has 10 heteroatoms. The van der Waals surface area contributed by atoms with E-state index in [1.807, 2.05) is 24.3 Å². The van der Waals surface area contributed by atoms with E-state index in [2.05, 4.69) is 15.3 Å². The lowest BCUT2D eigenvalue weighted by molar-refractivity contribution is -0.115. The van der Waals surface area contributed by atoms with Gasteiger partial charge in [0, 0.05) is 34.8 Å². The van der Waals surface area contributed by atoms with Crippen LogP contribution in [0.3, 0.4) is 0 Å². The quantitative estimate of drug-likeness (QED) is 0.331. The van der Waals surface area contributed by atoms with Crippen molar-refractivity contribution in [1.82, 2.24) is 9.97 Å². The van der Waals surface area contributed by atoms with Crippen molar-refractivity contribution in [3.63, 3.8) is 0 Å². The first-order valence-corrected chi connectivity index (χ1v) is 11.3. The average molecular weight is 486 g/mol. The Morgan fingerprint density at radius 2 is 1.74 bits per heavy atom. The zero-order chi connectivity index (χ0) is 24.7. The summed E-state index contributed by atoms with van der Waals surface area (Å²) in [7, 11) is 6.10. The van der Waals surface area contributed by atoms with Gasteiger partial charge in [0.25, 0.3) is 5.56 Å². The molecule has 0 aliphatic carbocycles. The lowest BCUT2D eigenvalue weighted by atomic mass is 10.1. The standard InChI is InChI=1S/C24H27N3O6S/c1-14-18(12-21(28)26-16-10-19(31-3)22(33-5)20(11-16)32-4)23(29)27-24(25-14)34-13-15-7-6-8-17(9-15)30-2/h6-11H,12-13H2,1-5H3,(H,26,28)(H,25,27,29). The van der Waals surface area contributed by atoms with Crippen molar-refractivity contribution >= 4 is 23.4 Å². The predicted molar refractivity (Wildman–Crippen MR) is 131 cm³/mol. The number of amides is 1. The van der Waals surface area contributed by atoms with Gasteiger partial charge in [0.2, 0.25) is 11.7 Å². The molecule has 3 rings (SSSR count). The van der Waals surface area contributed by atoms with E-state index in [-0.39, 0.29) is 17.9 Å². The number of carbonyl (C=O) groups is 1. The molecule has 2 aromatic carbocycles. The second kappa shape index (κ2) is 11.5. The van der Waals surface area contributed by atoms with Crippen LogP contribution in [-0.2, 0) is 17.0 Å². The van der Waals surface area contributed by atoms with Gasteiger partial charge in [0.15, 0.2) is 16.7 Å². The summed E-state index contributed by atoms with van der Waals surface area (Å²) in [4.78, 5) is 32.6.